The number of hydrogen-bond donors (Lipinski definition) is 0. The van der Waals surface area contributed by atoms with Gasteiger partial charge in [0.1, 0.15) is 0 Å². The van der Waals surface area contributed by atoms with Crippen LogP contribution in [0.15, 0.2) is 10.6 Å². The average molecular weight is 377 g/mol. The Morgan fingerprint density at radius 2 is 1.52 bits per heavy atom. The molecule has 0 aromatic heterocycles. The molecule has 0 aromatic rings. The highest BCUT2D eigenvalue weighted by Crippen LogP contribution is 2.04. The van der Waals surface area contributed by atoms with Crippen molar-refractivity contribution in [3.63, 3.8) is 0 Å². The third-order valence-corrected chi connectivity index (χ3v) is 3.11. The van der Waals surface area contributed by atoms with Crippen molar-refractivity contribution in [1.29, 1.82) is 0 Å². The molecule has 0 N–H and O–H groups in total. The second-order valence-corrected chi connectivity index (χ2v) is 6.25. The van der Waals surface area contributed by atoms with Crippen molar-refractivity contribution < 1.29 is 9.53 Å². The molecule has 0 rings (SSSR count). The van der Waals surface area contributed by atoms with E-state index < -0.39 is 0 Å². The molecule has 0 bridgehead atoms. The van der Waals surface area contributed by atoms with Crippen LogP contribution in [0.3, 0.4) is 0 Å². The van der Waals surface area contributed by atoms with Crippen LogP contribution >= 0.6 is 15.9 Å². The SMILES string of the molecule is COC(=O)CCCC#CC#CCCCCCCC#C/C=C(\C)Br. The van der Waals surface area contributed by atoms with E-state index in [0.29, 0.717) is 12.8 Å². The van der Waals surface area contributed by atoms with E-state index in [4.69, 9.17) is 0 Å². The lowest BCUT2D eigenvalue weighted by atomic mass is 10.1. The van der Waals surface area contributed by atoms with Crippen LogP contribution in [0.25, 0.3) is 0 Å². The Kier molecular flexibility index (Phi) is 15.5. The Balaban J connectivity index is 3.47. The first-order chi connectivity index (χ1) is 11.2. The lowest BCUT2D eigenvalue weighted by Crippen LogP contribution is -1.98. The summed E-state index contributed by atoms with van der Waals surface area (Å²) in [6.07, 6.45) is 10.2. The number of unbranched alkanes of at least 4 members (excludes halogenated alkanes) is 6. The zero-order valence-electron chi connectivity index (χ0n) is 14.1. The standard InChI is InChI=1S/C20H25BrO2/c1-19(21)17-15-13-11-9-7-5-3-4-6-8-10-12-14-16-18-20(22)23-2/h17H,3-5,7,9,11,14,16,18H2,1-2H3/b19-17+. The molecule has 23 heavy (non-hydrogen) atoms. The lowest BCUT2D eigenvalue weighted by molar-refractivity contribution is -0.140. The second-order valence-electron chi connectivity index (χ2n) is 5.00. The van der Waals surface area contributed by atoms with Gasteiger partial charge in [0.15, 0.2) is 0 Å². The van der Waals surface area contributed by atoms with E-state index in [2.05, 4.69) is 56.2 Å². The molecule has 0 aliphatic carbocycles. The van der Waals surface area contributed by atoms with Crippen LogP contribution in [0, 0.1) is 35.5 Å². The first kappa shape index (κ1) is 21.4. The maximum atomic E-state index is 10.9. The minimum absolute atomic E-state index is 0.182. The summed E-state index contributed by atoms with van der Waals surface area (Å²) in [6, 6.07) is 0. The van der Waals surface area contributed by atoms with Gasteiger partial charge >= 0.3 is 5.97 Å². The molecule has 0 saturated heterocycles. The molecule has 2 nitrogen and oxygen atoms in total. The van der Waals surface area contributed by atoms with Gasteiger partial charge in [-0.1, -0.05) is 52.5 Å². The fourth-order valence-corrected chi connectivity index (χ4v) is 1.75. The van der Waals surface area contributed by atoms with Gasteiger partial charge in [-0.3, -0.25) is 4.79 Å². The van der Waals surface area contributed by atoms with E-state index >= 15 is 0 Å². The fourth-order valence-electron chi connectivity index (χ4n) is 1.64. The number of esters is 1. The number of rotatable bonds is 8. The average Bonchev–Trinajstić information content (AvgIpc) is 2.53. The van der Waals surface area contributed by atoms with Crippen LogP contribution in [0.5, 0.6) is 0 Å². The summed E-state index contributed by atoms with van der Waals surface area (Å²) in [7, 11) is 1.40. The zero-order chi connectivity index (χ0) is 17.2. The highest BCUT2D eigenvalue weighted by atomic mass is 79.9. The van der Waals surface area contributed by atoms with Crippen molar-refractivity contribution in [2.45, 2.75) is 64.7 Å². The van der Waals surface area contributed by atoms with Crippen molar-refractivity contribution in [3.8, 4) is 35.5 Å². The van der Waals surface area contributed by atoms with Crippen LogP contribution in [0.2, 0.25) is 0 Å². The van der Waals surface area contributed by atoms with Crippen molar-refractivity contribution in [2.75, 3.05) is 7.11 Å². The maximum Gasteiger partial charge on any atom is 0.305 e. The molecule has 3 heteroatoms. The number of hydrogen-bond acceptors (Lipinski definition) is 2. The Labute approximate surface area is 149 Å². The maximum absolute atomic E-state index is 10.9. The number of halogens is 1. The number of ether oxygens (including phenoxy) is 1. The Hall–Kier alpha value is -1.63. The van der Waals surface area contributed by atoms with Crippen LogP contribution < -0.4 is 0 Å². The number of carbonyl (C=O) groups excluding carboxylic acids is 1. The monoisotopic (exact) mass is 376 g/mol. The molecule has 124 valence electrons. The molecule has 0 fully saturated rings. The summed E-state index contributed by atoms with van der Waals surface area (Å²) in [6.45, 7) is 1.97. The largest absolute Gasteiger partial charge is 0.469 e. The first-order valence-corrected chi connectivity index (χ1v) is 8.79. The van der Waals surface area contributed by atoms with Gasteiger partial charge in [0.05, 0.1) is 7.11 Å². The topological polar surface area (TPSA) is 26.3 Å². The molecule has 0 saturated carbocycles. The number of carbonyl (C=O) groups is 1. The molecule has 0 radical (unpaired) electrons. The predicted octanol–water partition coefficient (Wildman–Crippen LogP) is 4.98. The summed E-state index contributed by atoms with van der Waals surface area (Å²) in [5.74, 6) is 17.7. The van der Waals surface area contributed by atoms with Crippen LogP contribution in [0.1, 0.15) is 64.7 Å². The molecule has 0 unspecified atom stereocenters. The van der Waals surface area contributed by atoms with Crippen LogP contribution in [-0.4, -0.2) is 13.1 Å². The van der Waals surface area contributed by atoms with Crippen molar-refractivity contribution in [2.24, 2.45) is 0 Å². The van der Waals surface area contributed by atoms with Crippen LogP contribution in [0.4, 0.5) is 0 Å². The molecule has 0 aliphatic heterocycles. The van der Waals surface area contributed by atoms with E-state index in [9.17, 15) is 4.79 Å². The minimum atomic E-state index is -0.182. The predicted molar refractivity (Wildman–Crippen MR) is 99.6 cm³/mol. The molecule has 0 heterocycles. The van der Waals surface area contributed by atoms with Gasteiger partial charge in [0, 0.05) is 30.2 Å². The van der Waals surface area contributed by atoms with E-state index in [1.54, 1.807) is 0 Å². The molecule has 0 aliphatic rings. The van der Waals surface area contributed by atoms with Gasteiger partial charge in [-0.25, -0.2) is 0 Å². The van der Waals surface area contributed by atoms with E-state index in [-0.39, 0.29) is 5.97 Å². The molecular formula is C20H25BrO2. The molecule has 0 amide bonds. The summed E-state index contributed by atoms with van der Waals surface area (Å²) >= 11 is 3.34. The van der Waals surface area contributed by atoms with Gasteiger partial charge in [0.2, 0.25) is 0 Å². The zero-order valence-corrected chi connectivity index (χ0v) is 15.7. The van der Waals surface area contributed by atoms with Crippen molar-refractivity contribution in [3.05, 3.63) is 10.6 Å². The Morgan fingerprint density at radius 1 is 0.957 bits per heavy atom. The first-order valence-electron chi connectivity index (χ1n) is 8.00. The fraction of sp³-hybridized carbons (Fsp3) is 0.550. The van der Waals surface area contributed by atoms with Crippen molar-refractivity contribution >= 4 is 21.9 Å². The van der Waals surface area contributed by atoms with Gasteiger partial charge in [-0.05, 0) is 44.1 Å². The highest BCUT2D eigenvalue weighted by molar-refractivity contribution is 9.11. The van der Waals surface area contributed by atoms with Gasteiger partial charge in [0.25, 0.3) is 0 Å². The van der Waals surface area contributed by atoms with Gasteiger partial charge in [-0.2, -0.15) is 0 Å². The molecule has 0 aromatic carbocycles. The summed E-state index contributed by atoms with van der Waals surface area (Å²) in [5.41, 5.74) is 0. The Bertz CT molecular complexity index is 537. The molecule has 0 atom stereocenters. The summed E-state index contributed by atoms with van der Waals surface area (Å²) in [5, 5.41) is 0. The van der Waals surface area contributed by atoms with Gasteiger partial charge < -0.3 is 4.74 Å². The van der Waals surface area contributed by atoms with E-state index in [1.807, 2.05) is 13.0 Å². The quantitative estimate of drug-likeness (QED) is 0.339. The lowest BCUT2D eigenvalue weighted by Gasteiger charge is -1.94. The number of allylic oxidation sites excluding steroid dienone is 2. The molecule has 0 spiro atoms. The van der Waals surface area contributed by atoms with E-state index in [1.165, 1.54) is 20.0 Å². The van der Waals surface area contributed by atoms with E-state index in [0.717, 1.165) is 36.6 Å². The third-order valence-electron chi connectivity index (χ3n) is 2.88. The Morgan fingerprint density at radius 3 is 2.09 bits per heavy atom. The summed E-state index contributed by atoms with van der Waals surface area (Å²) < 4.78 is 5.62. The molecular weight excluding hydrogens is 352 g/mol. The number of methoxy groups -OCH3 is 1. The minimum Gasteiger partial charge on any atom is -0.469 e. The van der Waals surface area contributed by atoms with Crippen molar-refractivity contribution in [1.82, 2.24) is 0 Å². The second kappa shape index (κ2) is 16.7. The van der Waals surface area contributed by atoms with Crippen LogP contribution in [-0.2, 0) is 9.53 Å². The highest BCUT2D eigenvalue weighted by Gasteiger charge is 1.96. The third kappa shape index (κ3) is 18.3. The summed E-state index contributed by atoms with van der Waals surface area (Å²) in [4.78, 5) is 10.9. The normalized spacial score (nSPS) is 9.61. The van der Waals surface area contributed by atoms with Gasteiger partial charge in [-0.15, -0.1) is 0 Å². The smallest absolute Gasteiger partial charge is 0.305 e.